The second kappa shape index (κ2) is 7.93. The summed E-state index contributed by atoms with van der Waals surface area (Å²) >= 11 is 5.93. The minimum atomic E-state index is -0.404. The summed E-state index contributed by atoms with van der Waals surface area (Å²) in [6, 6.07) is 18.0. The summed E-state index contributed by atoms with van der Waals surface area (Å²) in [5.74, 6) is 0. The van der Waals surface area contributed by atoms with Crippen molar-refractivity contribution in [3.8, 4) is 0 Å². The maximum Gasteiger partial charge on any atom is 0.0916 e. The maximum absolute atomic E-state index is 10.3. The number of nitrogens with zero attached hydrogens (tertiary/aromatic N) is 2. The SMILES string of the molecule is O[C@@H](CN1CCN(Cc2ccc(Cl)cc2)CC1)c1ccccc1. The highest BCUT2D eigenvalue weighted by Crippen LogP contribution is 2.16. The monoisotopic (exact) mass is 330 g/mol. The zero-order valence-corrected chi connectivity index (χ0v) is 14.0. The van der Waals surface area contributed by atoms with Gasteiger partial charge in [0.2, 0.25) is 0 Å². The van der Waals surface area contributed by atoms with Crippen molar-refractivity contribution < 1.29 is 5.11 Å². The Hall–Kier alpha value is -1.39. The summed E-state index contributed by atoms with van der Waals surface area (Å²) < 4.78 is 0. The van der Waals surface area contributed by atoms with E-state index in [-0.39, 0.29) is 0 Å². The number of hydrogen-bond donors (Lipinski definition) is 1. The van der Waals surface area contributed by atoms with Crippen LogP contribution in [0.25, 0.3) is 0 Å². The molecule has 0 radical (unpaired) electrons. The number of halogens is 1. The molecule has 1 aliphatic heterocycles. The molecule has 0 aromatic heterocycles. The van der Waals surface area contributed by atoms with Crippen molar-refractivity contribution in [1.82, 2.24) is 9.80 Å². The molecule has 0 bridgehead atoms. The first-order valence-electron chi connectivity index (χ1n) is 8.13. The van der Waals surface area contributed by atoms with Crippen molar-refractivity contribution in [2.24, 2.45) is 0 Å². The van der Waals surface area contributed by atoms with Crippen molar-refractivity contribution >= 4 is 11.6 Å². The van der Waals surface area contributed by atoms with E-state index in [0.717, 1.165) is 43.3 Å². The summed E-state index contributed by atoms with van der Waals surface area (Å²) in [7, 11) is 0. The van der Waals surface area contributed by atoms with Crippen LogP contribution in [0.4, 0.5) is 0 Å². The fraction of sp³-hybridized carbons (Fsp3) is 0.368. The highest BCUT2D eigenvalue weighted by molar-refractivity contribution is 6.30. The molecule has 3 rings (SSSR count). The van der Waals surface area contributed by atoms with Gasteiger partial charge in [0.1, 0.15) is 0 Å². The van der Waals surface area contributed by atoms with Gasteiger partial charge in [-0.2, -0.15) is 0 Å². The molecule has 1 aliphatic rings. The standard InChI is InChI=1S/C19H23ClN2O/c20-18-8-6-16(7-9-18)14-21-10-12-22(13-11-21)15-19(23)17-4-2-1-3-5-17/h1-9,19,23H,10-15H2/t19-/m0/s1. The van der Waals surface area contributed by atoms with Crippen LogP contribution in [0.1, 0.15) is 17.2 Å². The Bertz CT molecular complexity index is 595. The molecule has 122 valence electrons. The number of β-amino-alcohol motifs (C(OH)–C–C–N with tert-alkyl or cyclic N) is 1. The third-order valence-corrected chi connectivity index (χ3v) is 4.65. The lowest BCUT2D eigenvalue weighted by molar-refractivity contribution is 0.0701. The molecule has 4 heteroatoms. The van der Waals surface area contributed by atoms with Gasteiger partial charge in [0, 0.05) is 44.3 Å². The van der Waals surface area contributed by atoms with E-state index in [4.69, 9.17) is 11.6 Å². The van der Waals surface area contributed by atoms with E-state index in [0.29, 0.717) is 6.54 Å². The van der Waals surface area contributed by atoms with Crippen molar-refractivity contribution in [1.29, 1.82) is 0 Å². The van der Waals surface area contributed by atoms with E-state index in [2.05, 4.69) is 21.9 Å². The summed E-state index contributed by atoms with van der Waals surface area (Å²) in [6.07, 6.45) is -0.404. The Kier molecular flexibility index (Phi) is 5.68. The first-order valence-corrected chi connectivity index (χ1v) is 8.51. The second-order valence-electron chi connectivity index (χ2n) is 6.13. The smallest absolute Gasteiger partial charge is 0.0916 e. The number of benzene rings is 2. The average Bonchev–Trinajstić information content (AvgIpc) is 2.59. The van der Waals surface area contributed by atoms with Gasteiger partial charge in [0.25, 0.3) is 0 Å². The lowest BCUT2D eigenvalue weighted by atomic mass is 10.1. The molecule has 1 N–H and O–H groups in total. The average molecular weight is 331 g/mol. The molecule has 0 aliphatic carbocycles. The van der Waals surface area contributed by atoms with E-state index in [9.17, 15) is 5.11 Å². The van der Waals surface area contributed by atoms with Crippen LogP contribution >= 0.6 is 11.6 Å². The van der Waals surface area contributed by atoms with Gasteiger partial charge in [0.15, 0.2) is 0 Å². The molecule has 0 saturated carbocycles. The van der Waals surface area contributed by atoms with Crippen LogP contribution in [0, 0.1) is 0 Å². The zero-order valence-electron chi connectivity index (χ0n) is 13.2. The molecule has 2 aromatic carbocycles. The van der Waals surface area contributed by atoms with Crippen molar-refractivity contribution in [2.45, 2.75) is 12.6 Å². The highest BCUT2D eigenvalue weighted by atomic mass is 35.5. The maximum atomic E-state index is 10.3. The van der Waals surface area contributed by atoms with Crippen LogP contribution in [0.3, 0.4) is 0 Å². The Morgan fingerprint density at radius 1 is 0.870 bits per heavy atom. The summed E-state index contributed by atoms with van der Waals surface area (Å²) in [6.45, 7) is 5.73. The van der Waals surface area contributed by atoms with Gasteiger partial charge in [-0.25, -0.2) is 0 Å². The number of hydrogen-bond acceptors (Lipinski definition) is 3. The Morgan fingerprint density at radius 2 is 1.48 bits per heavy atom. The van der Waals surface area contributed by atoms with Crippen molar-refractivity contribution in [3.63, 3.8) is 0 Å². The molecular formula is C19H23ClN2O. The third-order valence-electron chi connectivity index (χ3n) is 4.40. The molecule has 1 atom stereocenters. The molecule has 0 amide bonds. The van der Waals surface area contributed by atoms with E-state index in [1.54, 1.807) is 0 Å². The minimum Gasteiger partial charge on any atom is -0.387 e. The second-order valence-corrected chi connectivity index (χ2v) is 6.57. The van der Waals surface area contributed by atoms with Crippen molar-refractivity contribution in [2.75, 3.05) is 32.7 Å². The summed E-state index contributed by atoms with van der Waals surface area (Å²) in [5, 5.41) is 11.1. The number of piperazine rings is 1. The van der Waals surface area contributed by atoms with E-state index in [1.807, 2.05) is 42.5 Å². The lowest BCUT2D eigenvalue weighted by Crippen LogP contribution is -2.47. The molecule has 0 unspecified atom stereocenters. The van der Waals surface area contributed by atoms with E-state index < -0.39 is 6.10 Å². The van der Waals surface area contributed by atoms with Crippen LogP contribution < -0.4 is 0 Å². The quantitative estimate of drug-likeness (QED) is 0.912. The van der Waals surface area contributed by atoms with Crippen LogP contribution in [0.2, 0.25) is 5.02 Å². The fourth-order valence-electron chi connectivity index (χ4n) is 3.00. The van der Waals surface area contributed by atoms with Crippen molar-refractivity contribution in [3.05, 3.63) is 70.7 Å². The van der Waals surface area contributed by atoms with Crippen LogP contribution in [0.15, 0.2) is 54.6 Å². The molecule has 3 nitrogen and oxygen atoms in total. The first kappa shape index (κ1) is 16.5. The number of aliphatic hydroxyl groups is 1. The summed E-state index contributed by atoms with van der Waals surface area (Å²) in [5.41, 5.74) is 2.29. The molecule has 23 heavy (non-hydrogen) atoms. The minimum absolute atomic E-state index is 0.404. The number of rotatable bonds is 5. The lowest BCUT2D eigenvalue weighted by Gasteiger charge is -2.35. The predicted octanol–water partition coefficient (Wildman–Crippen LogP) is 3.19. The van der Waals surface area contributed by atoms with Gasteiger partial charge >= 0.3 is 0 Å². The van der Waals surface area contributed by atoms with Gasteiger partial charge in [-0.05, 0) is 23.3 Å². The van der Waals surface area contributed by atoms with Gasteiger partial charge in [0.05, 0.1) is 6.10 Å². The Balaban J connectivity index is 1.46. The van der Waals surface area contributed by atoms with E-state index >= 15 is 0 Å². The largest absolute Gasteiger partial charge is 0.387 e. The Labute approximate surface area is 143 Å². The first-order chi connectivity index (χ1) is 11.2. The molecule has 1 fully saturated rings. The zero-order chi connectivity index (χ0) is 16.1. The van der Waals surface area contributed by atoms with Gasteiger partial charge in [-0.15, -0.1) is 0 Å². The van der Waals surface area contributed by atoms with Gasteiger partial charge < -0.3 is 5.11 Å². The van der Waals surface area contributed by atoms with Crippen LogP contribution in [-0.2, 0) is 6.54 Å². The molecule has 1 heterocycles. The topological polar surface area (TPSA) is 26.7 Å². The Morgan fingerprint density at radius 3 is 2.13 bits per heavy atom. The highest BCUT2D eigenvalue weighted by Gasteiger charge is 2.19. The van der Waals surface area contributed by atoms with Gasteiger partial charge in [-0.3, -0.25) is 9.80 Å². The molecule has 2 aromatic rings. The van der Waals surface area contributed by atoms with E-state index in [1.165, 1.54) is 5.56 Å². The predicted molar refractivity (Wildman–Crippen MR) is 94.6 cm³/mol. The van der Waals surface area contributed by atoms with Crippen LogP contribution in [0.5, 0.6) is 0 Å². The molecule has 1 saturated heterocycles. The molecular weight excluding hydrogens is 308 g/mol. The third kappa shape index (κ3) is 4.79. The normalized spacial score (nSPS) is 18.0. The van der Waals surface area contributed by atoms with Gasteiger partial charge in [-0.1, -0.05) is 54.1 Å². The molecule has 0 spiro atoms. The summed E-state index contributed by atoms with van der Waals surface area (Å²) in [4.78, 5) is 4.80. The number of aliphatic hydroxyl groups excluding tert-OH is 1. The van der Waals surface area contributed by atoms with Crippen LogP contribution in [-0.4, -0.2) is 47.6 Å². The fourth-order valence-corrected chi connectivity index (χ4v) is 3.13.